The third kappa shape index (κ3) is 2.01. The molecule has 66 valence electrons. The molecule has 0 amide bonds. The summed E-state index contributed by atoms with van der Waals surface area (Å²) in [6.45, 7) is 0. The first kappa shape index (κ1) is 9.12. The Kier molecular flexibility index (Phi) is 2.75. The van der Waals surface area contributed by atoms with E-state index in [4.69, 9.17) is 11.6 Å². The van der Waals surface area contributed by atoms with Crippen LogP contribution in [-0.2, 0) is 0 Å². The topological polar surface area (TPSA) is 35.0 Å². The summed E-state index contributed by atoms with van der Waals surface area (Å²) in [5.74, 6) is 0.0327. The third-order valence-electron chi connectivity index (χ3n) is 1.13. The van der Waals surface area contributed by atoms with Gasteiger partial charge in [-0.2, -0.15) is 4.98 Å². The Morgan fingerprint density at radius 1 is 1.50 bits per heavy atom. The number of aromatic nitrogens is 2. The summed E-state index contributed by atoms with van der Waals surface area (Å²) in [4.78, 5) is 6.84. The van der Waals surface area contributed by atoms with Crippen LogP contribution in [0.5, 0.6) is 5.88 Å². The lowest BCUT2D eigenvalue weighted by Crippen LogP contribution is -1.96. The van der Waals surface area contributed by atoms with Crippen molar-refractivity contribution >= 4 is 11.6 Å². The third-order valence-corrected chi connectivity index (χ3v) is 1.30. The molecule has 1 heterocycles. The minimum Gasteiger partial charge on any atom is -0.481 e. The van der Waals surface area contributed by atoms with E-state index < -0.39 is 12.1 Å². The highest BCUT2D eigenvalue weighted by Crippen LogP contribution is 2.21. The van der Waals surface area contributed by atoms with Gasteiger partial charge in [0.2, 0.25) is 11.2 Å². The van der Waals surface area contributed by atoms with Crippen LogP contribution in [0.4, 0.5) is 8.78 Å². The number of rotatable bonds is 2. The highest BCUT2D eigenvalue weighted by Gasteiger charge is 2.12. The number of methoxy groups -OCH3 is 1. The molecule has 0 unspecified atom stereocenters. The number of alkyl halides is 2. The first-order valence-corrected chi connectivity index (χ1v) is 3.38. The van der Waals surface area contributed by atoms with Crippen LogP contribution < -0.4 is 4.74 Å². The van der Waals surface area contributed by atoms with E-state index in [1.807, 2.05) is 0 Å². The maximum absolute atomic E-state index is 12.1. The standard InChI is InChI=1S/C6H5ClF2N2O/c1-12-4-2-3(5(8)9)10-6(7)11-4/h2,5H,1H3. The Morgan fingerprint density at radius 3 is 2.67 bits per heavy atom. The summed E-state index contributed by atoms with van der Waals surface area (Å²) in [5, 5.41) is -0.246. The summed E-state index contributed by atoms with van der Waals surface area (Å²) in [5.41, 5.74) is -0.438. The van der Waals surface area contributed by atoms with Crippen LogP contribution in [0.1, 0.15) is 12.1 Å². The Balaban J connectivity index is 3.06. The molecule has 0 fully saturated rings. The average Bonchev–Trinajstić information content (AvgIpc) is 2.03. The molecule has 0 aromatic carbocycles. The summed E-state index contributed by atoms with van der Waals surface area (Å²) in [6.07, 6.45) is -2.67. The van der Waals surface area contributed by atoms with E-state index in [0.717, 1.165) is 6.07 Å². The van der Waals surface area contributed by atoms with E-state index in [9.17, 15) is 8.78 Å². The Morgan fingerprint density at radius 2 is 2.17 bits per heavy atom. The molecular weight excluding hydrogens is 190 g/mol. The molecule has 3 nitrogen and oxygen atoms in total. The van der Waals surface area contributed by atoms with Crippen LogP contribution in [0, 0.1) is 0 Å². The molecule has 1 rings (SSSR count). The van der Waals surface area contributed by atoms with Gasteiger partial charge in [0.05, 0.1) is 7.11 Å². The van der Waals surface area contributed by atoms with Crippen molar-refractivity contribution in [2.75, 3.05) is 7.11 Å². The Hall–Kier alpha value is -0.970. The molecule has 0 atom stereocenters. The number of ether oxygens (including phenoxy) is 1. The van der Waals surface area contributed by atoms with Gasteiger partial charge in [-0.1, -0.05) is 0 Å². The molecule has 0 saturated heterocycles. The first-order valence-electron chi connectivity index (χ1n) is 3.00. The molecule has 6 heteroatoms. The van der Waals surface area contributed by atoms with Gasteiger partial charge in [0.25, 0.3) is 6.43 Å². The van der Waals surface area contributed by atoms with Crippen molar-refractivity contribution in [1.82, 2.24) is 9.97 Å². The summed E-state index contributed by atoms with van der Waals surface area (Å²) < 4.78 is 28.7. The van der Waals surface area contributed by atoms with Gasteiger partial charge < -0.3 is 4.74 Å². The zero-order valence-corrected chi connectivity index (χ0v) is 6.85. The molecule has 0 aliphatic heterocycles. The maximum Gasteiger partial charge on any atom is 0.280 e. The summed E-state index contributed by atoms with van der Waals surface area (Å²) >= 11 is 5.34. The summed E-state index contributed by atoms with van der Waals surface area (Å²) in [7, 11) is 1.31. The monoisotopic (exact) mass is 194 g/mol. The molecule has 1 aromatic heterocycles. The van der Waals surface area contributed by atoms with Gasteiger partial charge in [-0.25, -0.2) is 13.8 Å². The van der Waals surface area contributed by atoms with Gasteiger partial charge in [0, 0.05) is 6.07 Å². The minimum atomic E-state index is -2.67. The zero-order chi connectivity index (χ0) is 9.14. The predicted molar refractivity (Wildman–Crippen MR) is 38.6 cm³/mol. The lowest BCUT2D eigenvalue weighted by Gasteiger charge is -2.01. The largest absolute Gasteiger partial charge is 0.481 e. The molecule has 0 N–H and O–H groups in total. The van der Waals surface area contributed by atoms with Crippen LogP contribution in [0.2, 0.25) is 5.28 Å². The van der Waals surface area contributed by atoms with Gasteiger partial charge >= 0.3 is 0 Å². The van der Waals surface area contributed by atoms with Crippen LogP contribution >= 0.6 is 11.6 Å². The van der Waals surface area contributed by atoms with Gasteiger partial charge in [-0.05, 0) is 11.6 Å². The van der Waals surface area contributed by atoms with Gasteiger partial charge in [0.1, 0.15) is 5.69 Å². The fraction of sp³-hybridized carbons (Fsp3) is 0.333. The second-order valence-electron chi connectivity index (χ2n) is 1.90. The van der Waals surface area contributed by atoms with E-state index in [1.165, 1.54) is 7.11 Å². The first-order chi connectivity index (χ1) is 5.63. The van der Waals surface area contributed by atoms with Crippen LogP contribution in [-0.4, -0.2) is 17.1 Å². The molecule has 12 heavy (non-hydrogen) atoms. The van der Waals surface area contributed by atoms with Crippen molar-refractivity contribution in [3.63, 3.8) is 0 Å². The number of halogens is 3. The average molecular weight is 195 g/mol. The van der Waals surface area contributed by atoms with Crippen molar-refractivity contribution in [3.8, 4) is 5.88 Å². The highest BCUT2D eigenvalue weighted by molar-refractivity contribution is 6.28. The van der Waals surface area contributed by atoms with Crippen molar-refractivity contribution < 1.29 is 13.5 Å². The normalized spacial score (nSPS) is 10.4. The van der Waals surface area contributed by atoms with Gasteiger partial charge in [0.15, 0.2) is 0 Å². The van der Waals surface area contributed by atoms with Gasteiger partial charge in [-0.15, -0.1) is 0 Å². The lowest BCUT2D eigenvalue weighted by atomic mass is 10.4. The lowest BCUT2D eigenvalue weighted by molar-refractivity contribution is 0.145. The highest BCUT2D eigenvalue weighted by atomic mass is 35.5. The maximum atomic E-state index is 12.1. The second-order valence-corrected chi connectivity index (χ2v) is 2.24. The smallest absolute Gasteiger partial charge is 0.280 e. The molecule has 0 radical (unpaired) electrons. The fourth-order valence-corrected chi connectivity index (χ4v) is 0.811. The van der Waals surface area contributed by atoms with E-state index >= 15 is 0 Å². The van der Waals surface area contributed by atoms with Crippen LogP contribution in [0.25, 0.3) is 0 Å². The Bertz CT molecular complexity index is 282. The number of hydrogen-bond acceptors (Lipinski definition) is 3. The van der Waals surface area contributed by atoms with E-state index in [0.29, 0.717) is 0 Å². The summed E-state index contributed by atoms with van der Waals surface area (Å²) in [6, 6.07) is 1.04. The van der Waals surface area contributed by atoms with Crippen molar-refractivity contribution in [3.05, 3.63) is 17.0 Å². The molecule has 0 spiro atoms. The van der Waals surface area contributed by atoms with Crippen molar-refractivity contribution in [2.24, 2.45) is 0 Å². The molecule has 0 aliphatic carbocycles. The molecular formula is C6H5ClF2N2O. The SMILES string of the molecule is COc1cc(C(F)F)nc(Cl)n1. The van der Waals surface area contributed by atoms with E-state index in [1.54, 1.807) is 0 Å². The van der Waals surface area contributed by atoms with E-state index in [-0.39, 0.29) is 11.2 Å². The number of hydrogen-bond donors (Lipinski definition) is 0. The van der Waals surface area contributed by atoms with Crippen LogP contribution in [0.3, 0.4) is 0 Å². The Labute approximate surface area is 72.3 Å². The van der Waals surface area contributed by atoms with E-state index in [2.05, 4.69) is 14.7 Å². The van der Waals surface area contributed by atoms with Crippen molar-refractivity contribution in [2.45, 2.75) is 6.43 Å². The molecule has 1 aromatic rings. The van der Waals surface area contributed by atoms with Crippen molar-refractivity contribution in [1.29, 1.82) is 0 Å². The second kappa shape index (κ2) is 3.62. The molecule has 0 saturated carbocycles. The fourth-order valence-electron chi connectivity index (χ4n) is 0.630. The van der Waals surface area contributed by atoms with Crippen LogP contribution in [0.15, 0.2) is 6.07 Å². The molecule has 0 aliphatic rings. The predicted octanol–water partition coefficient (Wildman–Crippen LogP) is 2.08. The number of nitrogens with zero attached hydrogens (tertiary/aromatic N) is 2. The molecule has 0 bridgehead atoms. The minimum absolute atomic E-state index is 0.0327. The zero-order valence-electron chi connectivity index (χ0n) is 6.09. The quantitative estimate of drug-likeness (QED) is 0.676. The van der Waals surface area contributed by atoms with Gasteiger partial charge in [-0.3, -0.25) is 0 Å².